The summed E-state index contributed by atoms with van der Waals surface area (Å²) in [6, 6.07) is 12.6. The van der Waals surface area contributed by atoms with Crippen LogP contribution in [0.1, 0.15) is 53.6 Å². The van der Waals surface area contributed by atoms with E-state index in [9.17, 15) is 18.4 Å². The average Bonchev–Trinajstić information content (AvgIpc) is 2.83. The Morgan fingerprint density at radius 3 is 2.51 bits per heavy atom. The second kappa shape index (κ2) is 10.3. The highest BCUT2D eigenvalue weighted by Gasteiger charge is 2.30. The van der Waals surface area contributed by atoms with Crippen molar-refractivity contribution in [3.05, 3.63) is 70.4 Å². The summed E-state index contributed by atoms with van der Waals surface area (Å²) in [5.74, 6) is 1.15. The number of nitrogen functional groups attached to an aromatic ring is 1. The van der Waals surface area contributed by atoms with Crippen molar-refractivity contribution in [3.63, 3.8) is 0 Å². The van der Waals surface area contributed by atoms with Gasteiger partial charge in [0, 0.05) is 17.5 Å². The van der Waals surface area contributed by atoms with E-state index in [0.717, 1.165) is 73.0 Å². The van der Waals surface area contributed by atoms with Crippen LogP contribution in [0.25, 0.3) is 11.1 Å². The van der Waals surface area contributed by atoms with Crippen molar-refractivity contribution in [2.45, 2.75) is 51.3 Å². The number of H-pyrrole nitrogens is 1. The third kappa shape index (κ3) is 5.35. The molecule has 8 heteroatoms. The lowest BCUT2D eigenvalue weighted by Crippen LogP contribution is -2.23. The quantitative estimate of drug-likeness (QED) is 0.492. The summed E-state index contributed by atoms with van der Waals surface area (Å²) in [6.45, 7) is -0.0499. The van der Waals surface area contributed by atoms with Crippen LogP contribution in [0.5, 0.6) is 11.5 Å². The number of nitriles is 1. The van der Waals surface area contributed by atoms with Crippen LogP contribution in [0.15, 0.2) is 42.5 Å². The maximum absolute atomic E-state index is 13.0. The van der Waals surface area contributed by atoms with E-state index in [1.807, 2.05) is 6.07 Å². The van der Waals surface area contributed by atoms with Crippen molar-refractivity contribution < 1.29 is 27.6 Å². The van der Waals surface area contributed by atoms with Gasteiger partial charge in [0.1, 0.15) is 23.9 Å². The third-order valence-electron chi connectivity index (χ3n) is 6.29. The predicted molar refractivity (Wildman–Crippen MR) is 126 cm³/mol. The number of hydrogen-bond donors (Lipinski definition) is 1. The van der Waals surface area contributed by atoms with Crippen molar-refractivity contribution in [1.29, 1.82) is 5.26 Å². The number of pyridine rings is 1. The number of nitrogens with two attached hydrogens (primary N) is 1. The molecule has 0 amide bonds. The molecule has 35 heavy (non-hydrogen) atoms. The van der Waals surface area contributed by atoms with E-state index >= 15 is 0 Å². The number of benzene rings is 2. The first kappa shape index (κ1) is 24.4. The summed E-state index contributed by atoms with van der Waals surface area (Å²) in [6.07, 6.45) is 1.67. The van der Waals surface area contributed by atoms with Gasteiger partial charge in [-0.05, 0) is 54.7 Å². The SMILES string of the molecule is COc1cc(-c2c(C#N)c(N)[nH+]c3c2CCCCCC3)ccc1OCc1cccc(C(F)(F)F)c1. The predicted octanol–water partition coefficient (Wildman–Crippen LogP) is 5.89. The van der Waals surface area contributed by atoms with Crippen molar-refractivity contribution in [2.24, 2.45) is 0 Å². The zero-order chi connectivity index (χ0) is 25.0. The number of halogens is 3. The molecule has 0 saturated heterocycles. The summed E-state index contributed by atoms with van der Waals surface area (Å²) in [5.41, 5.74) is 10.0. The minimum Gasteiger partial charge on any atom is -0.493 e. The maximum Gasteiger partial charge on any atom is 0.416 e. The average molecular weight is 483 g/mol. The number of aromatic amines is 1. The molecule has 5 nitrogen and oxygen atoms in total. The van der Waals surface area contributed by atoms with Gasteiger partial charge in [0.15, 0.2) is 11.5 Å². The third-order valence-corrected chi connectivity index (χ3v) is 6.29. The van der Waals surface area contributed by atoms with Gasteiger partial charge in [0.25, 0.3) is 5.82 Å². The number of alkyl halides is 3. The fourth-order valence-corrected chi connectivity index (χ4v) is 4.56. The molecule has 0 saturated carbocycles. The fourth-order valence-electron chi connectivity index (χ4n) is 4.56. The molecule has 0 atom stereocenters. The Morgan fingerprint density at radius 2 is 1.80 bits per heavy atom. The summed E-state index contributed by atoms with van der Waals surface area (Å²) in [5, 5.41) is 9.87. The fraction of sp³-hybridized carbons (Fsp3) is 0.333. The molecule has 1 heterocycles. The van der Waals surface area contributed by atoms with Gasteiger partial charge < -0.3 is 9.47 Å². The summed E-state index contributed by atoms with van der Waals surface area (Å²) in [4.78, 5) is 3.24. The normalized spacial score (nSPS) is 13.8. The number of hydrogen-bond acceptors (Lipinski definition) is 4. The van der Waals surface area contributed by atoms with E-state index in [1.54, 1.807) is 18.2 Å². The topological polar surface area (TPSA) is 82.4 Å². The number of rotatable bonds is 5. The maximum atomic E-state index is 13.0. The molecular weight excluding hydrogens is 455 g/mol. The highest BCUT2D eigenvalue weighted by atomic mass is 19.4. The second-order valence-corrected chi connectivity index (χ2v) is 8.62. The summed E-state index contributed by atoms with van der Waals surface area (Å²) >= 11 is 0. The van der Waals surface area contributed by atoms with Gasteiger partial charge in [0.2, 0.25) is 0 Å². The molecule has 3 aromatic rings. The van der Waals surface area contributed by atoms with E-state index in [1.165, 1.54) is 13.2 Å². The van der Waals surface area contributed by atoms with Crippen molar-refractivity contribution in [1.82, 2.24) is 0 Å². The van der Waals surface area contributed by atoms with E-state index in [0.29, 0.717) is 28.4 Å². The van der Waals surface area contributed by atoms with Crippen molar-refractivity contribution in [2.75, 3.05) is 12.8 Å². The van der Waals surface area contributed by atoms with Gasteiger partial charge in [-0.3, -0.25) is 5.73 Å². The van der Waals surface area contributed by atoms with Gasteiger partial charge in [-0.25, -0.2) is 4.98 Å². The number of aryl methyl sites for hydroxylation is 1. The number of nitrogens with one attached hydrogen (secondary N) is 1. The number of aromatic nitrogens is 1. The van der Waals surface area contributed by atoms with Crippen molar-refractivity contribution in [3.8, 4) is 28.7 Å². The number of ether oxygens (including phenoxy) is 2. The zero-order valence-electron chi connectivity index (χ0n) is 19.5. The first-order chi connectivity index (χ1) is 16.8. The molecule has 0 fully saturated rings. The minimum atomic E-state index is -4.42. The lowest BCUT2D eigenvalue weighted by molar-refractivity contribution is -0.374. The van der Waals surface area contributed by atoms with Crippen LogP contribution in [0, 0.1) is 11.3 Å². The highest BCUT2D eigenvalue weighted by molar-refractivity contribution is 5.79. The molecule has 4 rings (SSSR count). The number of anilines is 1. The largest absolute Gasteiger partial charge is 0.493 e. The number of fused-ring (bicyclic) bond motifs is 1. The smallest absolute Gasteiger partial charge is 0.416 e. The minimum absolute atomic E-state index is 0.0499. The Bertz CT molecular complexity index is 1270. The standard InChI is InChI=1S/C27H26F3N3O2/c1-34-24-14-18(11-12-23(24)35-16-17-7-6-8-19(13-17)27(28,29)30)25-20-9-4-2-3-5-10-22(20)33-26(32)21(25)15-31/h6-8,11-14H,2-5,9-10,16H2,1H3,(H2,32,33)/p+1. The molecule has 1 aliphatic rings. The molecule has 0 aliphatic heterocycles. The Hall–Kier alpha value is -3.73. The molecule has 1 aromatic heterocycles. The molecule has 2 aromatic carbocycles. The lowest BCUT2D eigenvalue weighted by atomic mass is 9.88. The van der Waals surface area contributed by atoms with Gasteiger partial charge in [-0.1, -0.05) is 31.0 Å². The van der Waals surface area contributed by atoms with Crippen molar-refractivity contribution >= 4 is 5.82 Å². The van der Waals surface area contributed by atoms with Crippen LogP contribution in [0.2, 0.25) is 0 Å². The molecule has 1 aliphatic carbocycles. The summed E-state index contributed by atoms with van der Waals surface area (Å²) < 4.78 is 50.4. The summed E-state index contributed by atoms with van der Waals surface area (Å²) in [7, 11) is 1.50. The molecule has 3 N–H and O–H groups in total. The van der Waals surface area contributed by atoms with E-state index in [-0.39, 0.29) is 6.61 Å². The molecule has 0 unspecified atom stereocenters. The molecule has 0 radical (unpaired) electrons. The Labute approximate surface area is 202 Å². The Morgan fingerprint density at radius 1 is 1.03 bits per heavy atom. The molecule has 182 valence electrons. The van der Waals surface area contributed by atoms with Gasteiger partial charge in [-0.15, -0.1) is 0 Å². The Balaban J connectivity index is 1.68. The Kier molecular flexibility index (Phi) is 7.15. The molecule has 0 bridgehead atoms. The van der Waals surface area contributed by atoms with E-state index in [4.69, 9.17) is 15.2 Å². The van der Waals surface area contributed by atoms with Gasteiger partial charge in [-0.2, -0.15) is 18.4 Å². The van der Waals surface area contributed by atoms with Crippen LogP contribution >= 0.6 is 0 Å². The van der Waals surface area contributed by atoms with E-state index in [2.05, 4.69) is 11.1 Å². The van der Waals surface area contributed by atoms with Gasteiger partial charge >= 0.3 is 6.18 Å². The lowest BCUT2D eigenvalue weighted by Gasteiger charge is -2.19. The highest BCUT2D eigenvalue weighted by Crippen LogP contribution is 2.38. The van der Waals surface area contributed by atoms with Crippen LogP contribution < -0.4 is 20.2 Å². The zero-order valence-corrected chi connectivity index (χ0v) is 19.5. The first-order valence-corrected chi connectivity index (χ1v) is 11.6. The van der Waals surface area contributed by atoms with Crippen LogP contribution in [-0.2, 0) is 25.6 Å². The number of methoxy groups -OCH3 is 1. The first-order valence-electron chi connectivity index (χ1n) is 11.6. The second-order valence-electron chi connectivity index (χ2n) is 8.62. The van der Waals surface area contributed by atoms with Crippen LogP contribution in [-0.4, -0.2) is 7.11 Å². The van der Waals surface area contributed by atoms with E-state index < -0.39 is 11.7 Å². The molecular formula is C27H27F3N3O2+. The van der Waals surface area contributed by atoms with Crippen LogP contribution in [0.3, 0.4) is 0 Å². The monoisotopic (exact) mass is 482 g/mol. The number of nitrogens with zero attached hydrogens (tertiary/aromatic N) is 1. The molecule has 0 spiro atoms. The van der Waals surface area contributed by atoms with Gasteiger partial charge in [0.05, 0.1) is 12.7 Å². The van der Waals surface area contributed by atoms with Crippen LogP contribution in [0.4, 0.5) is 19.0 Å².